The van der Waals surface area contributed by atoms with Crippen LogP contribution in [-0.4, -0.2) is 74.6 Å². The van der Waals surface area contributed by atoms with Crippen molar-refractivity contribution in [3.8, 4) is 11.3 Å². The fourth-order valence-corrected chi connectivity index (χ4v) is 6.42. The molecule has 3 heterocycles. The summed E-state index contributed by atoms with van der Waals surface area (Å²) in [5, 5.41) is 8.78. The fourth-order valence-electron chi connectivity index (χ4n) is 6.42. The van der Waals surface area contributed by atoms with E-state index in [0.717, 1.165) is 36.5 Å². The number of ether oxygens (including phenoxy) is 1. The van der Waals surface area contributed by atoms with Crippen LogP contribution in [0.1, 0.15) is 72.5 Å². The molecule has 11 heteroatoms. The monoisotopic (exact) mass is 608 g/mol. The lowest BCUT2D eigenvalue weighted by atomic mass is 9.71. The molecule has 5 rings (SSSR count). The van der Waals surface area contributed by atoms with E-state index >= 15 is 0 Å². The van der Waals surface area contributed by atoms with Crippen LogP contribution in [0.15, 0.2) is 48.7 Å². The second-order valence-electron chi connectivity index (χ2n) is 13.4. The van der Waals surface area contributed by atoms with Crippen LogP contribution in [0.25, 0.3) is 11.3 Å². The summed E-state index contributed by atoms with van der Waals surface area (Å²) in [4.78, 5) is 32.9. The number of amides is 2. The summed E-state index contributed by atoms with van der Waals surface area (Å²) < 4.78 is 35.3. The van der Waals surface area contributed by atoms with E-state index in [1.807, 2.05) is 32.2 Å². The molecule has 3 aromatic rings. The first kappa shape index (κ1) is 31.4. The minimum absolute atomic E-state index is 0.210. The highest BCUT2D eigenvalue weighted by Crippen LogP contribution is 2.49. The van der Waals surface area contributed by atoms with Crippen molar-refractivity contribution in [2.45, 2.75) is 78.6 Å². The Morgan fingerprint density at radius 2 is 1.70 bits per heavy atom. The summed E-state index contributed by atoms with van der Waals surface area (Å²) in [5.41, 5.74) is 2.13. The van der Waals surface area contributed by atoms with Crippen LogP contribution in [0.4, 0.5) is 19.3 Å². The van der Waals surface area contributed by atoms with Crippen molar-refractivity contribution in [1.82, 2.24) is 24.8 Å². The summed E-state index contributed by atoms with van der Waals surface area (Å²) in [6.07, 6.45) is 1.56. The first-order valence-electron chi connectivity index (χ1n) is 15.2. The minimum Gasteiger partial charge on any atom is -0.444 e. The van der Waals surface area contributed by atoms with Gasteiger partial charge in [-0.05, 0) is 64.4 Å². The highest BCUT2D eigenvalue weighted by molar-refractivity contribution is 5.87. The number of nitrogens with zero attached hydrogens (tertiary/aromatic N) is 6. The number of carbonyl (C=O) groups is 2. The lowest BCUT2D eigenvalue weighted by Crippen LogP contribution is -2.62. The van der Waals surface area contributed by atoms with Gasteiger partial charge >= 0.3 is 6.09 Å². The third-order valence-electron chi connectivity index (χ3n) is 8.54. The SMILES string of the molecule is CCN(CC)c1ccc(-c2cn(C3C[C@H](C(=O)N4CC(C)(C)C4c4ccc(F)c(F)c4)N(C(=O)OC(C)(C)C)C3)nn2)cc1. The molecule has 2 aromatic carbocycles. The largest absolute Gasteiger partial charge is 0.444 e. The van der Waals surface area contributed by atoms with Gasteiger partial charge in [-0.3, -0.25) is 9.69 Å². The third-order valence-corrected chi connectivity index (χ3v) is 8.54. The van der Waals surface area contributed by atoms with Gasteiger partial charge in [0.1, 0.15) is 17.3 Å². The van der Waals surface area contributed by atoms with Gasteiger partial charge in [0.05, 0.1) is 18.3 Å². The van der Waals surface area contributed by atoms with Gasteiger partial charge in [0.2, 0.25) is 5.91 Å². The molecule has 3 atom stereocenters. The average molecular weight is 609 g/mol. The molecular formula is C33H42F2N6O3. The Bertz CT molecular complexity index is 1510. The first-order chi connectivity index (χ1) is 20.7. The van der Waals surface area contributed by atoms with E-state index in [0.29, 0.717) is 24.2 Å². The van der Waals surface area contributed by atoms with Crippen molar-refractivity contribution < 1.29 is 23.1 Å². The molecule has 0 radical (unpaired) electrons. The fraction of sp³-hybridized carbons (Fsp3) is 0.515. The van der Waals surface area contributed by atoms with Crippen molar-refractivity contribution in [2.24, 2.45) is 5.41 Å². The van der Waals surface area contributed by atoms with Crippen LogP contribution in [0.5, 0.6) is 0 Å². The van der Waals surface area contributed by atoms with E-state index in [-0.39, 0.29) is 23.9 Å². The van der Waals surface area contributed by atoms with Gasteiger partial charge in [-0.2, -0.15) is 0 Å². The predicted molar refractivity (Wildman–Crippen MR) is 164 cm³/mol. The van der Waals surface area contributed by atoms with Crippen molar-refractivity contribution in [2.75, 3.05) is 31.1 Å². The van der Waals surface area contributed by atoms with Crippen molar-refractivity contribution >= 4 is 17.7 Å². The summed E-state index contributed by atoms with van der Waals surface area (Å²) in [6.45, 7) is 16.0. The van der Waals surface area contributed by atoms with E-state index in [1.165, 1.54) is 11.0 Å². The van der Waals surface area contributed by atoms with E-state index in [2.05, 4.69) is 41.2 Å². The molecule has 2 fully saturated rings. The topological polar surface area (TPSA) is 83.8 Å². The average Bonchev–Trinajstić information content (AvgIpc) is 3.62. The zero-order valence-corrected chi connectivity index (χ0v) is 26.6. The van der Waals surface area contributed by atoms with Crippen LogP contribution in [-0.2, 0) is 9.53 Å². The lowest BCUT2D eigenvalue weighted by molar-refractivity contribution is -0.157. The number of aromatic nitrogens is 3. The number of hydrogen-bond donors (Lipinski definition) is 0. The van der Waals surface area contributed by atoms with Crippen LogP contribution in [0.2, 0.25) is 0 Å². The standard InChI is InChI=1S/C33H42F2N6O3/c1-8-38(9-2)23-13-10-21(11-14-23)27-19-41(37-36-27)24-17-28(39(18-24)31(43)44-32(3,4)5)30(42)40-20-33(6,7)29(40)22-12-15-25(34)26(35)16-22/h10-16,19,24,28-29H,8-9,17-18,20H2,1-7H3/t24?,28-,29?/m1/s1. The Morgan fingerprint density at radius 1 is 1.02 bits per heavy atom. The maximum Gasteiger partial charge on any atom is 0.411 e. The maximum atomic E-state index is 14.2. The Labute approximate surface area is 257 Å². The van der Waals surface area contributed by atoms with Crippen molar-refractivity contribution in [3.05, 3.63) is 65.9 Å². The Balaban J connectivity index is 1.40. The van der Waals surface area contributed by atoms with E-state index in [1.54, 1.807) is 30.4 Å². The number of hydrogen-bond acceptors (Lipinski definition) is 6. The maximum absolute atomic E-state index is 14.2. The van der Waals surface area contributed by atoms with Crippen LogP contribution in [0, 0.1) is 17.0 Å². The number of carbonyl (C=O) groups excluding carboxylic acids is 2. The molecular weight excluding hydrogens is 566 g/mol. The highest BCUT2D eigenvalue weighted by Gasteiger charge is 2.53. The van der Waals surface area contributed by atoms with Gasteiger partial charge in [0.15, 0.2) is 11.6 Å². The van der Waals surface area contributed by atoms with Gasteiger partial charge < -0.3 is 14.5 Å². The molecule has 0 N–H and O–H groups in total. The summed E-state index contributed by atoms with van der Waals surface area (Å²) in [6, 6.07) is 10.3. The normalized spacial score (nSPS) is 21.2. The van der Waals surface area contributed by atoms with Crippen molar-refractivity contribution in [3.63, 3.8) is 0 Å². The van der Waals surface area contributed by atoms with E-state index < -0.39 is 35.4 Å². The van der Waals surface area contributed by atoms with E-state index in [9.17, 15) is 18.4 Å². The van der Waals surface area contributed by atoms with Gasteiger partial charge in [0.25, 0.3) is 0 Å². The first-order valence-corrected chi connectivity index (χ1v) is 15.2. The minimum atomic E-state index is -0.960. The predicted octanol–water partition coefficient (Wildman–Crippen LogP) is 6.23. The van der Waals surface area contributed by atoms with E-state index in [4.69, 9.17) is 4.74 Å². The molecule has 1 aromatic heterocycles. The van der Waals surface area contributed by atoms with Gasteiger partial charge in [-0.25, -0.2) is 18.3 Å². The van der Waals surface area contributed by atoms with Crippen LogP contribution < -0.4 is 4.90 Å². The molecule has 0 aliphatic carbocycles. The molecule has 0 spiro atoms. The second kappa shape index (κ2) is 11.8. The number of rotatable bonds is 7. The lowest BCUT2D eigenvalue weighted by Gasteiger charge is -2.55. The summed E-state index contributed by atoms with van der Waals surface area (Å²) in [7, 11) is 0. The van der Waals surface area contributed by atoms with Gasteiger partial charge in [-0.1, -0.05) is 37.3 Å². The van der Waals surface area contributed by atoms with Crippen LogP contribution in [0.3, 0.4) is 0 Å². The second-order valence-corrected chi connectivity index (χ2v) is 13.4. The van der Waals surface area contributed by atoms with Gasteiger partial charge in [0, 0.05) is 49.3 Å². The zero-order chi connectivity index (χ0) is 32.0. The molecule has 2 amide bonds. The molecule has 0 bridgehead atoms. The molecule has 2 unspecified atom stereocenters. The molecule has 44 heavy (non-hydrogen) atoms. The molecule has 9 nitrogen and oxygen atoms in total. The molecule has 2 aliphatic rings. The smallest absolute Gasteiger partial charge is 0.411 e. The number of anilines is 1. The van der Waals surface area contributed by atoms with Gasteiger partial charge in [-0.15, -0.1) is 5.10 Å². The molecule has 2 aliphatic heterocycles. The molecule has 236 valence electrons. The number of likely N-dealkylation sites (tertiary alicyclic amines) is 2. The van der Waals surface area contributed by atoms with Crippen molar-refractivity contribution in [1.29, 1.82) is 0 Å². The Morgan fingerprint density at radius 3 is 2.30 bits per heavy atom. The molecule has 2 saturated heterocycles. The Hall–Kier alpha value is -4.02. The highest BCUT2D eigenvalue weighted by atomic mass is 19.2. The third kappa shape index (κ3) is 6.14. The quantitative estimate of drug-likeness (QED) is 0.316. The Kier molecular flexibility index (Phi) is 8.43. The van der Waals surface area contributed by atoms with Crippen LogP contribution >= 0.6 is 0 Å². The molecule has 0 saturated carbocycles. The summed E-state index contributed by atoms with van der Waals surface area (Å²) in [5.74, 6) is -2.16. The number of halogens is 2. The summed E-state index contributed by atoms with van der Waals surface area (Å²) >= 11 is 0. The number of benzene rings is 2. The zero-order valence-electron chi connectivity index (χ0n) is 26.6.